The number of amides is 1. The molecule has 0 atom stereocenters. The number of rotatable bonds is 6. The molecular weight excluding hydrogens is 340 g/mol. The van der Waals surface area contributed by atoms with Gasteiger partial charge in [-0.2, -0.15) is 5.10 Å². The van der Waals surface area contributed by atoms with Gasteiger partial charge < -0.3 is 14.4 Å². The lowest BCUT2D eigenvalue weighted by Gasteiger charge is -2.26. The Balaban J connectivity index is 1.52. The summed E-state index contributed by atoms with van der Waals surface area (Å²) in [7, 11) is 1.60. The Labute approximate surface area is 150 Å². The van der Waals surface area contributed by atoms with Crippen LogP contribution in [0, 0.1) is 0 Å². The fourth-order valence-electron chi connectivity index (χ4n) is 2.43. The van der Waals surface area contributed by atoms with Gasteiger partial charge in [-0.3, -0.25) is 4.79 Å². The molecule has 1 aliphatic rings. The van der Waals surface area contributed by atoms with Crippen LogP contribution in [0.25, 0.3) is 0 Å². The third kappa shape index (κ3) is 4.77. The molecule has 1 fully saturated rings. The zero-order valence-electron chi connectivity index (χ0n) is 14.0. The highest BCUT2D eigenvalue weighted by Crippen LogP contribution is 2.21. The molecular formula is C17H20N4O3S. The van der Waals surface area contributed by atoms with E-state index < -0.39 is 0 Å². The molecule has 0 saturated carbocycles. The SMILES string of the molecule is COc1ccccc1/C=N\NC(=O)Cc1csc(N2CCOCC2)n1. The van der Waals surface area contributed by atoms with Crippen molar-refractivity contribution in [2.45, 2.75) is 6.42 Å². The molecule has 0 bridgehead atoms. The van der Waals surface area contributed by atoms with E-state index in [1.807, 2.05) is 29.6 Å². The maximum Gasteiger partial charge on any atom is 0.246 e. The normalized spacial score (nSPS) is 14.7. The maximum absolute atomic E-state index is 12.0. The minimum Gasteiger partial charge on any atom is -0.496 e. The number of benzene rings is 1. The van der Waals surface area contributed by atoms with Crippen molar-refractivity contribution in [3.8, 4) is 5.75 Å². The highest BCUT2D eigenvalue weighted by Gasteiger charge is 2.15. The molecule has 1 aromatic carbocycles. The molecule has 2 heterocycles. The summed E-state index contributed by atoms with van der Waals surface area (Å²) in [6.45, 7) is 3.10. The van der Waals surface area contributed by atoms with Crippen LogP contribution in [-0.4, -0.2) is 50.5 Å². The molecule has 0 aliphatic carbocycles. The van der Waals surface area contributed by atoms with E-state index in [0.29, 0.717) is 19.0 Å². The summed E-state index contributed by atoms with van der Waals surface area (Å²) < 4.78 is 10.6. The Bertz CT molecular complexity index is 741. The van der Waals surface area contributed by atoms with Crippen LogP contribution in [0.1, 0.15) is 11.3 Å². The van der Waals surface area contributed by atoms with Crippen LogP contribution in [0.5, 0.6) is 5.75 Å². The quantitative estimate of drug-likeness (QED) is 0.627. The van der Waals surface area contributed by atoms with Crippen molar-refractivity contribution in [1.29, 1.82) is 0 Å². The van der Waals surface area contributed by atoms with Crippen molar-refractivity contribution in [1.82, 2.24) is 10.4 Å². The molecule has 7 nitrogen and oxygen atoms in total. The van der Waals surface area contributed by atoms with Crippen molar-refractivity contribution in [3.63, 3.8) is 0 Å². The number of hydrogen-bond acceptors (Lipinski definition) is 7. The van der Waals surface area contributed by atoms with Crippen molar-refractivity contribution in [2.24, 2.45) is 5.10 Å². The Kier molecular flexibility index (Phi) is 5.97. The highest BCUT2D eigenvalue weighted by molar-refractivity contribution is 7.13. The number of methoxy groups -OCH3 is 1. The summed E-state index contributed by atoms with van der Waals surface area (Å²) >= 11 is 1.55. The lowest BCUT2D eigenvalue weighted by Crippen LogP contribution is -2.36. The van der Waals surface area contributed by atoms with E-state index in [9.17, 15) is 4.79 Å². The van der Waals surface area contributed by atoms with Crippen molar-refractivity contribution in [2.75, 3.05) is 38.3 Å². The van der Waals surface area contributed by atoms with E-state index in [-0.39, 0.29) is 12.3 Å². The summed E-state index contributed by atoms with van der Waals surface area (Å²) in [6, 6.07) is 7.46. The van der Waals surface area contributed by atoms with Crippen molar-refractivity contribution >= 4 is 28.6 Å². The predicted molar refractivity (Wildman–Crippen MR) is 97.6 cm³/mol. The average molecular weight is 360 g/mol. The standard InChI is InChI=1S/C17H20N4O3S/c1-23-15-5-3-2-4-13(15)11-18-20-16(22)10-14-12-25-17(19-14)21-6-8-24-9-7-21/h2-5,11-12H,6-10H2,1H3,(H,20,22)/b18-11-. The van der Waals surface area contributed by atoms with Crippen LogP contribution in [0.15, 0.2) is 34.7 Å². The molecule has 3 rings (SSSR count). The molecule has 1 N–H and O–H groups in total. The van der Waals surface area contributed by atoms with Gasteiger partial charge in [0, 0.05) is 24.0 Å². The monoisotopic (exact) mass is 360 g/mol. The number of nitrogens with one attached hydrogen (secondary N) is 1. The highest BCUT2D eigenvalue weighted by atomic mass is 32.1. The number of nitrogens with zero attached hydrogens (tertiary/aromatic N) is 3. The second-order valence-corrected chi connectivity index (χ2v) is 6.27. The number of hydrogen-bond donors (Lipinski definition) is 1. The molecule has 8 heteroatoms. The van der Waals surface area contributed by atoms with E-state index >= 15 is 0 Å². The van der Waals surface area contributed by atoms with Gasteiger partial charge in [-0.15, -0.1) is 11.3 Å². The van der Waals surface area contributed by atoms with E-state index in [1.165, 1.54) is 0 Å². The summed E-state index contributed by atoms with van der Waals surface area (Å²) in [5.74, 6) is 0.500. The minimum atomic E-state index is -0.204. The number of carbonyl (C=O) groups is 1. The van der Waals surface area contributed by atoms with Crippen LogP contribution in [0.3, 0.4) is 0 Å². The molecule has 0 spiro atoms. The zero-order chi connectivity index (χ0) is 17.5. The third-order valence-electron chi connectivity index (χ3n) is 3.69. The molecule has 0 unspecified atom stereocenters. The number of para-hydroxylation sites is 1. The van der Waals surface area contributed by atoms with Crippen LogP contribution < -0.4 is 15.1 Å². The van der Waals surface area contributed by atoms with Crippen molar-refractivity contribution < 1.29 is 14.3 Å². The fourth-order valence-corrected chi connectivity index (χ4v) is 3.31. The first kappa shape index (κ1) is 17.4. The molecule has 2 aromatic rings. The van der Waals surface area contributed by atoms with Gasteiger partial charge in [0.2, 0.25) is 5.91 Å². The first-order valence-electron chi connectivity index (χ1n) is 7.98. The van der Waals surface area contributed by atoms with Gasteiger partial charge in [-0.1, -0.05) is 12.1 Å². The lowest BCUT2D eigenvalue weighted by molar-refractivity contribution is -0.120. The van der Waals surface area contributed by atoms with Crippen LogP contribution in [0.2, 0.25) is 0 Å². The second-order valence-electron chi connectivity index (χ2n) is 5.43. The Morgan fingerprint density at radius 3 is 3.04 bits per heavy atom. The second kappa shape index (κ2) is 8.59. The number of carbonyl (C=O) groups excluding carboxylic acids is 1. The smallest absolute Gasteiger partial charge is 0.246 e. The van der Waals surface area contributed by atoms with E-state index in [2.05, 4.69) is 20.4 Å². The van der Waals surface area contributed by atoms with E-state index in [1.54, 1.807) is 24.7 Å². The topological polar surface area (TPSA) is 76.0 Å². The summed E-state index contributed by atoms with van der Waals surface area (Å²) in [6.07, 6.45) is 1.76. The number of thiazole rings is 1. The lowest BCUT2D eigenvalue weighted by atomic mass is 10.2. The number of anilines is 1. The average Bonchev–Trinajstić information content (AvgIpc) is 3.11. The van der Waals surface area contributed by atoms with Gasteiger partial charge in [0.25, 0.3) is 0 Å². The molecule has 25 heavy (non-hydrogen) atoms. The van der Waals surface area contributed by atoms with Gasteiger partial charge in [0.05, 0.1) is 38.7 Å². The number of ether oxygens (including phenoxy) is 2. The Morgan fingerprint density at radius 2 is 2.24 bits per heavy atom. The van der Waals surface area contributed by atoms with Crippen LogP contribution in [-0.2, 0) is 16.0 Å². The zero-order valence-corrected chi connectivity index (χ0v) is 14.8. The summed E-state index contributed by atoms with van der Waals surface area (Å²) in [5, 5.41) is 6.83. The van der Waals surface area contributed by atoms with E-state index in [4.69, 9.17) is 9.47 Å². The van der Waals surface area contributed by atoms with Gasteiger partial charge in [-0.05, 0) is 12.1 Å². The third-order valence-corrected chi connectivity index (χ3v) is 4.64. The molecule has 1 saturated heterocycles. The van der Waals surface area contributed by atoms with Crippen LogP contribution in [0.4, 0.5) is 5.13 Å². The summed E-state index contributed by atoms with van der Waals surface area (Å²) in [5.41, 5.74) is 4.07. The maximum atomic E-state index is 12.0. The largest absolute Gasteiger partial charge is 0.496 e. The predicted octanol–water partition coefficient (Wildman–Crippen LogP) is 1.68. The molecule has 1 aromatic heterocycles. The van der Waals surface area contributed by atoms with Gasteiger partial charge in [0.1, 0.15) is 5.75 Å². The molecule has 1 aliphatic heterocycles. The van der Waals surface area contributed by atoms with Crippen LogP contribution >= 0.6 is 11.3 Å². The summed E-state index contributed by atoms with van der Waals surface area (Å²) in [4.78, 5) is 18.7. The van der Waals surface area contributed by atoms with Crippen molar-refractivity contribution in [3.05, 3.63) is 40.9 Å². The van der Waals surface area contributed by atoms with Gasteiger partial charge in [-0.25, -0.2) is 10.4 Å². The Hall–Kier alpha value is -2.45. The molecule has 1 amide bonds. The van der Waals surface area contributed by atoms with Gasteiger partial charge >= 0.3 is 0 Å². The number of hydrazone groups is 1. The minimum absolute atomic E-state index is 0.199. The first-order chi connectivity index (χ1) is 12.3. The fraction of sp³-hybridized carbons (Fsp3) is 0.353. The molecule has 0 radical (unpaired) electrons. The molecule has 132 valence electrons. The Morgan fingerprint density at radius 1 is 1.44 bits per heavy atom. The van der Waals surface area contributed by atoms with E-state index in [0.717, 1.165) is 29.5 Å². The van der Waals surface area contributed by atoms with Gasteiger partial charge in [0.15, 0.2) is 5.13 Å². The number of morpholine rings is 1. The number of aromatic nitrogens is 1. The first-order valence-corrected chi connectivity index (χ1v) is 8.86.